The third-order valence-electron chi connectivity index (χ3n) is 2.59. The molecule has 0 aliphatic heterocycles. The van der Waals surface area contributed by atoms with E-state index in [1.165, 1.54) is 6.92 Å². The fraction of sp³-hybridized carbons (Fsp3) is 0.429. The summed E-state index contributed by atoms with van der Waals surface area (Å²) in [7, 11) is 0. The first-order valence-corrected chi connectivity index (χ1v) is 6.85. The van der Waals surface area contributed by atoms with Gasteiger partial charge in [0.05, 0.1) is 0 Å². The van der Waals surface area contributed by atoms with E-state index >= 15 is 0 Å². The van der Waals surface area contributed by atoms with Crippen LogP contribution in [-0.4, -0.2) is 22.8 Å². The number of amides is 1. The Morgan fingerprint density at radius 1 is 1.20 bits per heavy atom. The lowest BCUT2D eigenvalue weighted by Crippen LogP contribution is -2.51. The zero-order valence-electron chi connectivity index (χ0n) is 11.9. The molecule has 6 heteroatoms. The lowest BCUT2D eigenvalue weighted by molar-refractivity contribution is -0.144. The zero-order chi connectivity index (χ0) is 15.6. The third kappa shape index (κ3) is 3.96. The number of carbonyl (C=O) groups excluding carboxylic acids is 1. The number of halogens is 1. The number of nitrogens with one attached hydrogen (secondary N) is 1. The van der Waals surface area contributed by atoms with Crippen LogP contribution in [-0.2, 0) is 15.1 Å². The molecule has 0 saturated carbocycles. The summed E-state index contributed by atoms with van der Waals surface area (Å²) in [4.78, 5) is 23.4. The van der Waals surface area contributed by atoms with Gasteiger partial charge in [0.1, 0.15) is 5.60 Å². The van der Waals surface area contributed by atoms with Crippen molar-refractivity contribution in [2.24, 2.45) is 0 Å². The Balaban J connectivity index is 3.09. The summed E-state index contributed by atoms with van der Waals surface area (Å²) in [6.07, 6.45) is -0.779. The van der Waals surface area contributed by atoms with Crippen molar-refractivity contribution < 1.29 is 19.4 Å². The first-order valence-electron chi connectivity index (χ1n) is 6.06. The van der Waals surface area contributed by atoms with Gasteiger partial charge < -0.3 is 15.2 Å². The third-order valence-corrected chi connectivity index (χ3v) is 3.28. The van der Waals surface area contributed by atoms with Crippen LogP contribution >= 0.6 is 15.9 Å². The van der Waals surface area contributed by atoms with Gasteiger partial charge in [-0.2, -0.15) is 0 Å². The number of benzene rings is 1. The zero-order valence-corrected chi connectivity index (χ0v) is 13.4. The molecule has 0 fully saturated rings. The fourth-order valence-electron chi connectivity index (χ4n) is 1.61. The van der Waals surface area contributed by atoms with E-state index in [0.717, 1.165) is 0 Å². The summed E-state index contributed by atoms with van der Waals surface area (Å²) in [5.74, 6) is -1.17. The molecule has 110 valence electrons. The average molecular weight is 344 g/mol. The van der Waals surface area contributed by atoms with Gasteiger partial charge in [-0.05, 0) is 33.8 Å². The van der Waals surface area contributed by atoms with E-state index in [0.29, 0.717) is 10.0 Å². The largest absolute Gasteiger partial charge is 0.479 e. The molecule has 0 heterocycles. The van der Waals surface area contributed by atoms with Gasteiger partial charge >= 0.3 is 12.1 Å². The summed E-state index contributed by atoms with van der Waals surface area (Å²) >= 11 is 3.30. The van der Waals surface area contributed by atoms with Crippen LogP contribution in [0, 0.1) is 0 Å². The standard InChI is InChI=1S/C14H18BrNO4/c1-13(2,3)20-12(19)16-14(4,11(17)18)9-7-5-6-8-10(9)15/h5-8H,1-4H3,(H,16,19)(H,17,18). The van der Waals surface area contributed by atoms with Crippen molar-refractivity contribution in [2.45, 2.75) is 38.8 Å². The predicted octanol–water partition coefficient (Wildman–Crippen LogP) is 3.27. The van der Waals surface area contributed by atoms with E-state index in [4.69, 9.17) is 4.74 Å². The number of hydrogen-bond donors (Lipinski definition) is 2. The minimum Gasteiger partial charge on any atom is -0.479 e. The van der Waals surface area contributed by atoms with Gasteiger partial charge in [-0.3, -0.25) is 0 Å². The number of carboxylic acid groups (broad SMARTS) is 1. The normalized spacial score (nSPS) is 14.2. The molecule has 1 atom stereocenters. The molecule has 1 aromatic rings. The molecule has 0 aromatic heterocycles. The number of hydrogen-bond acceptors (Lipinski definition) is 3. The molecule has 1 rings (SSSR count). The molecule has 0 aliphatic rings. The molecular weight excluding hydrogens is 326 g/mol. The highest BCUT2D eigenvalue weighted by atomic mass is 79.9. The minimum atomic E-state index is -1.58. The maximum absolute atomic E-state index is 11.9. The fourth-order valence-corrected chi connectivity index (χ4v) is 2.29. The Morgan fingerprint density at radius 2 is 1.75 bits per heavy atom. The first kappa shape index (κ1) is 16.5. The Hall–Kier alpha value is -1.56. The summed E-state index contributed by atoms with van der Waals surface area (Å²) < 4.78 is 5.71. The van der Waals surface area contributed by atoms with Crippen LogP contribution in [0.25, 0.3) is 0 Å². The van der Waals surface area contributed by atoms with Crippen LogP contribution < -0.4 is 5.32 Å². The van der Waals surface area contributed by atoms with Crippen LogP contribution in [0.2, 0.25) is 0 Å². The smallest absolute Gasteiger partial charge is 0.408 e. The monoisotopic (exact) mass is 343 g/mol. The topological polar surface area (TPSA) is 75.6 Å². The highest BCUT2D eigenvalue weighted by Gasteiger charge is 2.39. The van der Waals surface area contributed by atoms with E-state index in [2.05, 4.69) is 21.2 Å². The maximum Gasteiger partial charge on any atom is 0.408 e. The quantitative estimate of drug-likeness (QED) is 0.882. The Kier molecular flexibility index (Phi) is 4.81. The first-order chi connectivity index (χ1) is 9.06. The molecule has 1 aromatic carbocycles. The highest BCUT2D eigenvalue weighted by Crippen LogP contribution is 2.29. The van der Waals surface area contributed by atoms with Crippen LogP contribution in [0.5, 0.6) is 0 Å². The van der Waals surface area contributed by atoms with E-state index in [9.17, 15) is 14.7 Å². The number of rotatable bonds is 3. The molecule has 20 heavy (non-hydrogen) atoms. The van der Waals surface area contributed by atoms with Crippen LogP contribution in [0.1, 0.15) is 33.3 Å². The van der Waals surface area contributed by atoms with Gasteiger partial charge in [0.25, 0.3) is 0 Å². The Labute approximate surface area is 126 Å². The molecule has 1 amide bonds. The summed E-state index contributed by atoms with van der Waals surface area (Å²) in [5.41, 5.74) is -1.84. The second-order valence-electron chi connectivity index (χ2n) is 5.54. The van der Waals surface area contributed by atoms with E-state index < -0.39 is 23.2 Å². The number of aliphatic carboxylic acids is 1. The van der Waals surface area contributed by atoms with Crippen molar-refractivity contribution in [3.8, 4) is 0 Å². The molecular formula is C14H18BrNO4. The van der Waals surface area contributed by atoms with Gasteiger partial charge in [0.15, 0.2) is 5.54 Å². The van der Waals surface area contributed by atoms with Gasteiger partial charge in [0, 0.05) is 10.0 Å². The predicted molar refractivity (Wildman–Crippen MR) is 78.5 cm³/mol. The SMILES string of the molecule is CC(C)(C)OC(=O)NC(C)(C(=O)O)c1ccccc1Br. The van der Waals surface area contributed by atoms with E-state index in [1.54, 1.807) is 45.0 Å². The second-order valence-corrected chi connectivity index (χ2v) is 6.39. The Bertz CT molecular complexity index is 524. The number of alkyl carbamates (subject to hydrolysis) is 1. The number of carboxylic acids is 1. The molecule has 0 aliphatic carbocycles. The van der Waals surface area contributed by atoms with Crippen molar-refractivity contribution in [1.29, 1.82) is 0 Å². The van der Waals surface area contributed by atoms with Gasteiger partial charge in [0.2, 0.25) is 0 Å². The highest BCUT2D eigenvalue weighted by molar-refractivity contribution is 9.10. The van der Waals surface area contributed by atoms with Gasteiger partial charge in [-0.25, -0.2) is 9.59 Å². The van der Waals surface area contributed by atoms with Crippen molar-refractivity contribution >= 4 is 28.0 Å². The Morgan fingerprint density at radius 3 is 2.20 bits per heavy atom. The van der Waals surface area contributed by atoms with Gasteiger partial charge in [-0.15, -0.1) is 0 Å². The lowest BCUT2D eigenvalue weighted by Gasteiger charge is -2.29. The molecule has 0 radical (unpaired) electrons. The lowest BCUT2D eigenvalue weighted by atomic mass is 9.92. The minimum absolute atomic E-state index is 0.443. The van der Waals surface area contributed by atoms with Crippen molar-refractivity contribution in [1.82, 2.24) is 5.32 Å². The maximum atomic E-state index is 11.9. The van der Waals surface area contributed by atoms with Crippen molar-refractivity contribution in [3.63, 3.8) is 0 Å². The number of ether oxygens (including phenoxy) is 1. The number of carbonyl (C=O) groups is 2. The molecule has 0 saturated heterocycles. The molecule has 2 N–H and O–H groups in total. The molecule has 5 nitrogen and oxygen atoms in total. The summed E-state index contributed by atoms with van der Waals surface area (Å²) in [6.45, 7) is 6.55. The molecule has 1 unspecified atom stereocenters. The van der Waals surface area contributed by atoms with Crippen LogP contribution in [0.3, 0.4) is 0 Å². The van der Waals surface area contributed by atoms with Gasteiger partial charge in [-0.1, -0.05) is 34.1 Å². The van der Waals surface area contributed by atoms with Crippen molar-refractivity contribution in [3.05, 3.63) is 34.3 Å². The average Bonchev–Trinajstić information content (AvgIpc) is 2.26. The molecule has 0 spiro atoms. The molecule has 0 bridgehead atoms. The van der Waals surface area contributed by atoms with E-state index in [1.807, 2.05) is 0 Å². The second kappa shape index (κ2) is 5.83. The summed E-state index contributed by atoms with van der Waals surface area (Å²) in [5, 5.41) is 11.9. The van der Waals surface area contributed by atoms with Crippen LogP contribution in [0.4, 0.5) is 4.79 Å². The summed E-state index contributed by atoms with van der Waals surface area (Å²) in [6, 6.07) is 6.82. The van der Waals surface area contributed by atoms with Crippen LogP contribution in [0.15, 0.2) is 28.7 Å². The van der Waals surface area contributed by atoms with E-state index in [-0.39, 0.29) is 0 Å². The van der Waals surface area contributed by atoms with Crippen molar-refractivity contribution in [2.75, 3.05) is 0 Å².